The standard InChI is InChI=1S/C26H26ClN5O4S/c27-23-5-2-1-4-22(23)26(34)31-14-11-21(12-15-31)37(35,36)20-9-7-19(8-10-20)29-25(33)18-16-32(17-18)24-6-3-13-28-30-24/h1-10,13,18,21H,11-12,14-17H2,(H,29,33). The Bertz CT molecular complexity index is 1390. The number of nitrogens with zero attached hydrogens (tertiary/aromatic N) is 4. The summed E-state index contributed by atoms with van der Waals surface area (Å²) in [4.78, 5) is 29.2. The normalized spacial score (nSPS) is 16.8. The number of halogens is 1. The van der Waals surface area contributed by atoms with Crippen molar-refractivity contribution in [2.45, 2.75) is 23.0 Å². The maximum Gasteiger partial charge on any atom is 0.255 e. The van der Waals surface area contributed by atoms with E-state index in [0.29, 0.717) is 55.3 Å². The number of amides is 2. The molecule has 2 aromatic carbocycles. The molecule has 0 unspecified atom stereocenters. The molecule has 2 aliphatic heterocycles. The molecule has 0 atom stereocenters. The van der Waals surface area contributed by atoms with Gasteiger partial charge in [-0.3, -0.25) is 9.59 Å². The van der Waals surface area contributed by atoms with Crippen LogP contribution in [0.3, 0.4) is 0 Å². The highest BCUT2D eigenvalue weighted by Crippen LogP contribution is 2.28. The molecule has 2 amide bonds. The number of likely N-dealkylation sites (tertiary alicyclic amines) is 1. The van der Waals surface area contributed by atoms with Gasteiger partial charge in [-0.25, -0.2) is 8.42 Å². The van der Waals surface area contributed by atoms with Gasteiger partial charge in [0, 0.05) is 38.1 Å². The Morgan fingerprint density at radius 2 is 1.65 bits per heavy atom. The van der Waals surface area contributed by atoms with Crippen LogP contribution < -0.4 is 10.2 Å². The number of carbonyl (C=O) groups is 2. The molecule has 1 aromatic heterocycles. The highest BCUT2D eigenvalue weighted by atomic mass is 35.5. The summed E-state index contributed by atoms with van der Waals surface area (Å²) in [5.41, 5.74) is 0.966. The lowest BCUT2D eigenvalue weighted by molar-refractivity contribution is -0.120. The fourth-order valence-electron chi connectivity index (χ4n) is 4.63. The van der Waals surface area contributed by atoms with Crippen molar-refractivity contribution in [3.05, 3.63) is 77.4 Å². The van der Waals surface area contributed by atoms with Gasteiger partial charge >= 0.3 is 0 Å². The Morgan fingerprint density at radius 3 is 2.30 bits per heavy atom. The largest absolute Gasteiger partial charge is 0.353 e. The number of piperidine rings is 1. The Labute approximate surface area is 220 Å². The average molecular weight is 540 g/mol. The molecule has 11 heteroatoms. The number of hydrogen-bond donors (Lipinski definition) is 1. The van der Waals surface area contributed by atoms with Crippen molar-refractivity contribution in [2.24, 2.45) is 5.92 Å². The van der Waals surface area contributed by atoms with E-state index in [9.17, 15) is 18.0 Å². The van der Waals surface area contributed by atoms with Gasteiger partial charge in [0.1, 0.15) is 0 Å². The molecule has 0 aliphatic carbocycles. The van der Waals surface area contributed by atoms with Crippen LogP contribution in [0.25, 0.3) is 0 Å². The summed E-state index contributed by atoms with van der Waals surface area (Å²) in [5, 5.41) is 10.6. The molecule has 9 nitrogen and oxygen atoms in total. The van der Waals surface area contributed by atoms with Crippen molar-refractivity contribution >= 4 is 44.8 Å². The Kier molecular flexibility index (Phi) is 7.12. The van der Waals surface area contributed by atoms with E-state index in [4.69, 9.17) is 11.6 Å². The van der Waals surface area contributed by atoms with E-state index in [-0.39, 0.29) is 22.6 Å². The third-order valence-electron chi connectivity index (χ3n) is 6.86. The second-order valence-electron chi connectivity index (χ2n) is 9.21. The minimum absolute atomic E-state index is 0.119. The number of benzene rings is 2. The lowest BCUT2D eigenvalue weighted by Gasteiger charge is -2.38. The lowest BCUT2D eigenvalue weighted by Crippen LogP contribution is -2.52. The van der Waals surface area contributed by atoms with Gasteiger partial charge in [0.25, 0.3) is 5.91 Å². The molecule has 3 aromatic rings. The van der Waals surface area contributed by atoms with Crippen molar-refractivity contribution < 1.29 is 18.0 Å². The second kappa shape index (κ2) is 10.5. The topological polar surface area (TPSA) is 113 Å². The number of anilines is 2. The highest BCUT2D eigenvalue weighted by molar-refractivity contribution is 7.92. The van der Waals surface area contributed by atoms with Crippen LogP contribution in [0, 0.1) is 5.92 Å². The van der Waals surface area contributed by atoms with Crippen LogP contribution in [0.5, 0.6) is 0 Å². The Hall–Kier alpha value is -3.50. The van der Waals surface area contributed by atoms with Crippen LogP contribution in [-0.2, 0) is 14.6 Å². The molecule has 1 N–H and O–H groups in total. The maximum atomic E-state index is 13.2. The van der Waals surface area contributed by atoms with E-state index >= 15 is 0 Å². The van der Waals surface area contributed by atoms with E-state index in [1.807, 2.05) is 11.0 Å². The second-order valence-corrected chi connectivity index (χ2v) is 11.8. The average Bonchev–Trinajstić information content (AvgIpc) is 2.89. The summed E-state index contributed by atoms with van der Waals surface area (Å²) in [7, 11) is -3.57. The van der Waals surface area contributed by atoms with Gasteiger partial charge in [-0.05, 0) is 61.4 Å². The van der Waals surface area contributed by atoms with E-state index in [1.165, 1.54) is 12.1 Å². The van der Waals surface area contributed by atoms with Crippen LogP contribution in [0.4, 0.5) is 11.5 Å². The molecular formula is C26H26ClN5O4S. The van der Waals surface area contributed by atoms with E-state index in [2.05, 4.69) is 15.5 Å². The lowest BCUT2D eigenvalue weighted by atomic mass is 9.99. The van der Waals surface area contributed by atoms with Gasteiger partial charge in [0.15, 0.2) is 15.7 Å². The molecule has 37 heavy (non-hydrogen) atoms. The van der Waals surface area contributed by atoms with Gasteiger partial charge < -0.3 is 15.1 Å². The van der Waals surface area contributed by atoms with Crippen LogP contribution in [0.1, 0.15) is 23.2 Å². The summed E-state index contributed by atoms with van der Waals surface area (Å²) < 4.78 is 26.5. The van der Waals surface area contributed by atoms with Crippen molar-refractivity contribution in [2.75, 3.05) is 36.4 Å². The maximum absolute atomic E-state index is 13.2. The van der Waals surface area contributed by atoms with E-state index < -0.39 is 15.1 Å². The number of hydrogen-bond acceptors (Lipinski definition) is 7. The third kappa shape index (κ3) is 5.30. The van der Waals surface area contributed by atoms with Gasteiger partial charge in [-0.15, -0.1) is 5.10 Å². The Morgan fingerprint density at radius 1 is 0.946 bits per heavy atom. The first-order valence-electron chi connectivity index (χ1n) is 12.0. The number of nitrogens with one attached hydrogen (secondary N) is 1. The number of carbonyl (C=O) groups excluding carboxylic acids is 2. The Balaban J connectivity index is 1.15. The number of rotatable bonds is 6. The predicted octanol–water partition coefficient (Wildman–Crippen LogP) is 3.28. The van der Waals surface area contributed by atoms with Gasteiger partial charge in [-0.1, -0.05) is 23.7 Å². The molecule has 0 bridgehead atoms. The van der Waals surface area contributed by atoms with Crippen molar-refractivity contribution in [1.29, 1.82) is 0 Å². The summed E-state index contributed by atoms with van der Waals surface area (Å²) in [6, 6.07) is 16.8. The number of sulfone groups is 1. The molecule has 0 radical (unpaired) electrons. The van der Waals surface area contributed by atoms with Gasteiger partial charge in [-0.2, -0.15) is 5.10 Å². The van der Waals surface area contributed by atoms with Crippen LogP contribution in [-0.4, -0.2) is 66.8 Å². The molecule has 5 rings (SSSR count). The smallest absolute Gasteiger partial charge is 0.255 e. The zero-order valence-electron chi connectivity index (χ0n) is 20.0. The quantitative estimate of drug-likeness (QED) is 0.511. The first kappa shape index (κ1) is 25.2. The molecular weight excluding hydrogens is 514 g/mol. The zero-order chi connectivity index (χ0) is 26.0. The third-order valence-corrected chi connectivity index (χ3v) is 9.47. The monoisotopic (exact) mass is 539 g/mol. The molecule has 192 valence electrons. The zero-order valence-corrected chi connectivity index (χ0v) is 21.5. The fraction of sp³-hybridized carbons (Fsp3) is 0.308. The summed E-state index contributed by atoms with van der Waals surface area (Å²) in [5.74, 6) is 0.253. The molecule has 3 heterocycles. The summed E-state index contributed by atoms with van der Waals surface area (Å²) in [6.45, 7) is 1.79. The minimum Gasteiger partial charge on any atom is -0.353 e. The molecule has 2 saturated heterocycles. The van der Waals surface area contributed by atoms with Crippen molar-refractivity contribution in [1.82, 2.24) is 15.1 Å². The van der Waals surface area contributed by atoms with Crippen molar-refractivity contribution in [3.63, 3.8) is 0 Å². The van der Waals surface area contributed by atoms with E-state index in [0.717, 1.165) is 5.82 Å². The minimum atomic E-state index is -3.57. The van der Waals surface area contributed by atoms with Crippen LogP contribution >= 0.6 is 11.6 Å². The summed E-state index contributed by atoms with van der Waals surface area (Å²) >= 11 is 6.15. The van der Waals surface area contributed by atoms with Crippen molar-refractivity contribution in [3.8, 4) is 0 Å². The van der Waals surface area contributed by atoms with Crippen LogP contribution in [0.2, 0.25) is 5.02 Å². The molecule has 0 spiro atoms. The van der Waals surface area contributed by atoms with Gasteiger partial charge in [0.05, 0.1) is 26.6 Å². The summed E-state index contributed by atoms with van der Waals surface area (Å²) in [6.07, 6.45) is 2.30. The van der Waals surface area contributed by atoms with Crippen LogP contribution in [0.15, 0.2) is 71.8 Å². The first-order chi connectivity index (χ1) is 17.8. The molecule has 2 aliphatic rings. The predicted molar refractivity (Wildman–Crippen MR) is 140 cm³/mol. The fourth-order valence-corrected chi connectivity index (χ4v) is 6.58. The molecule has 2 fully saturated rings. The van der Waals surface area contributed by atoms with Gasteiger partial charge in [0.2, 0.25) is 5.91 Å². The van der Waals surface area contributed by atoms with E-state index in [1.54, 1.807) is 53.6 Å². The SMILES string of the molecule is O=C(Nc1ccc(S(=O)(=O)C2CCN(C(=O)c3ccccc3Cl)CC2)cc1)C1CN(c2cccnn2)C1. The molecule has 0 saturated carbocycles. The first-order valence-corrected chi connectivity index (χ1v) is 14.0. The number of aromatic nitrogens is 2. The highest BCUT2D eigenvalue weighted by Gasteiger charge is 2.35.